The quantitative estimate of drug-likeness (QED) is 0.705. The van der Waals surface area contributed by atoms with Crippen molar-refractivity contribution in [2.24, 2.45) is 0 Å². The molecule has 4 nitrogen and oxygen atoms in total. The molecule has 0 aliphatic rings. The first-order valence-corrected chi connectivity index (χ1v) is 5.10. The van der Waals surface area contributed by atoms with E-state index >= 15 is 0 Å². The first-order chi connectivity index (χ1) is 7.65. The van der Waals surface area contributed by atoms with E-state index in [2.05, 4.69) is 5.10 Å². The summed E-state index contributed by atoms with van der Waals surface area (Å²) in [7, 11) is -1.42. The number of hydrogen-bond donors (Lipinski definition) is 2. The van der Waals surface area contributed by atoms with E-state index in [4.69, 9.17) is 10.0 Å². The lowest BCUT2D eigenvalue weighted by atomic mass is 9.80. The summed E-state index contributed by atoms with van der Waals surface area (Å²) in [6, 6.07) is 9.12. The molecule has 0 unspecified atom stereocenters. The van der Waals surface area contributed by atoms with Crippen LogP contribution >= 0.6 is 0 Å². The maximum absolute atomic E-state index is 9.05. The van der Waals surface area contributed by atoms with Crippen molar-refractivity contribution in [3.8, 4) is 0 Å². The fourth-order valence-corrected chi connectivity index (χ4v) is 1.59. The Morgan fingerprint density at radius 1 is 1.31 bits per heavy atom. The van der Waals surface area contributed by atoms with E-state index in [1.807, 2.05) is 29.9 Å². The summed E-state index contributed by atoms with van der Waals surface area (Å²) < 4.78 is 1.82. The fraction of sp³-hybridized carbons (Fsp3) is 0.182. The van der Waals surface area contributed by atoms with E-state index in [0.717, 1.165) is 11.3 Å². The third kappa shape index (κ3) is 2.50. The van der Waals surface area contributed by atoms with Gasteiger partial charge in [-0.1, -0.05) is 24.3 Å². The highest BCUT2D eigenvalue weighted by Gasteiger charge is 2.10. The van der Waals surface area contributed by atoms with Crippen LogP contribution in [0.2, 0.25) is 0 Å². The van der Waals surface area contributed by atoms with Crippen molar-refractivity contribution in [2.45, 2.75) is 13.5 Å². The predicted molar refractivity (Wildman–Crippen MR) is 62.3 cm³/mol. The predicted octanol–water partition coefficient (Wildman–Crippen LogP) is -0.0804. The first kappa shape index (κ1) is 10.9. The van der Waals surface area contributed by atoms with Crippen molar-refractivity contribution in [2.75, 3.05) is 0 Å². The number of rotatable bonds is 3. The van der Waals surface area contributed by atoms with E-state index in [1.54, 1.807) is 18.2 Å². The molecular formula is C11H13BN2O2. The molecule has 5 heteroatoms. The molecule has 2 aromatic rings. The summed E-state index contributed by atoms with van der Waals surface area (Å²) in [5.74, 6) is 0. The van der Waals surface area contributed by atoms with Crippen LogP contribution in [0.1, 0.15) is 11.3 Å². The van der Waals surface area contributed by atoms with Crippen molar-refractivity contribution in [3.05, 3.63) is 47.8 Å². The molecule has 16 heavy (non-hydrogen) atoms. The lowest BCUT2D eigenvalue weighted by Gasteiger charge is -2.04. The highest BCUT2D eigenvalue weighted by Crippen LogP contribution is 2.01. The van der Waals surface area contributed by atoms with E-state index in [9.17, 15) is 0 Å². The van der Waals surface area contributed by atoms with E-state index < -0.39 is 7.12 Å². The van der Waals surface area contributed by atoms with Gasteiger partial charge in [-0.2, -0.15) is 5.10 Å². The minimum Gasteiger partial charge on any atom is -0.423 e. The van der Waals surface area contributed by atoms with Gasteiger partial charge in [-0.05, 0) is 24.0 Å². The highest BCUT2D eigenvalue weighted by molar-refractivity contribution is 6.58. The normalized spacial score (nSPS) is 10.4. The SMILES string of the molecule is Cc1ccn(Cc2cccc(B(O)O)c2)n1. The Morgan fingerprint density at radius 2 is 2.12 bits per heavy atom. The van der Waals surface area contributed by atoms with Gasteiger partial charge in [0.05, 0.1) is 12.2 Å². The zero-order valence-corrected chi connectivity index (χ0v) is 9.04. The van der Waals surface area contributed by atoms with Gasteiger partial charge in [0.2, 0.25) is 0 Å². The number of hydrogen-bond acceptors (Lipinski definition) is 3. The van der Waals surface area contributed by atoms with Crippen LogP contribution in [0.15, 0.2) is 36.5 Å². The molecule has 82 valence electrons. The number of aryl methyl sites for hydroxylation is 1. The Kier molecular flexibility index (Phi) is 3.08. The topological polar surface area (TPSA) is 58.3 Å². The average Bonchev–Trinajstić information content (AvgIpc) is 2.64. The van der Waals surface area contributed by atoms with Crippen LogP contribution in [0.3, 0.4) is 0 Å². The zero-order chi connectivity index (χ0) is 11.5. The third-order valence-corrected chi connectivity index (χ3v) is 2.37. The molecule has 2 rings (SSSR count). The smallest absolute Gasteiger partial charge is 0.423 e. The molecule has 2 N–H and O–H groups in total. The van der Waals surface area contributed by atoms with Gasteiger partial charge in [0.15, 0.2) is 0 Å². The second-order valence-corrected chi connectivity index (χ2v) is 3.77. The Morgan fingerprint density at radius 3 is 2.75 bits per heavy atom. The number of nitrogens with zero attached hydrogens (tertiary/aromatic N) is 2. The molecule has 1 aromatic carbocycles. The van der Waals surface area contributed by atoms with Gasteiger partial charge in [0, 0.05) is 6.20 Å². The molecule has 0 saturated carbocycles. The minimum absolute atomic E-state index is 0.501. The van der Waals surface area contributed by atoms with E-state index in [0.29, 0.717) is 12.0 Å². The van der Waals surface area contributed by atoms with Crippen molar-refractivity contribution in [1.82, 2.24) is 9.78 Å². The molecule has 0 fully saturated rings. The van der Waals surface area contributed by atoms with Gasteiger partial charge in [0.25, 0.3) is 0 Å². The van der Waals surface area contributed by atoms with Crippen LogP contribution in [0, 0.1) is 6.92 Å². The standard InChI is InChI=1S/C11H13BN2O2/c1-9-5-6-14(13-9)8-10-3-2-4-11(7-10)12(15)16/h2-7,15-16H,8H2,1H3. The fourth-order valence-electron chi connectivity index (χ4n) is 1.59. The summed E-state index contributed by atoms with van der Waals surface area (Å²) in [6.07, 6.45) is 1.90. The molecule has 0 spiro atoms. The maximum atomic E-state index is 9.05. The van der Waals surface area contributed by atoms with Crippen LogP contribution in [0.25, 0.3) is 0 Å². The molecule has 1 heterocycles. The summed E-state index contributed by atoms with van der Waals surface area (Å²) in [6.45, 7) is 2.57. The second-order valence-electron chi connectivity index (χ2n) is 3.77. The molecule has 0 aliphatic heterocycles. The van der Waals surface area contributed by atoms with Crippen LogP contribution in [0.5, 0.6) is 0 Å². The average molecular weight is 216 g/mol. The summed E-state index contributed by atoms with van der Waals surface area (Å²) in [4.78, 5) is 0. The van der Waals surface area contributed by atoms with Gasteiger partial charge in [-0.15, -0.1) is 0 Å². The van der Waals surface area contributed by atoms with Gasteiger partial charge >= 0.3 is 7.12 Å². The summed E-state index contributed by atoms with van der Waals surface area (Å²) in [5, 5.41) is 22.4. The minimum atomic E-state index is -1.42. The Labute approximate surface area is 94.3 Å². The summed E-state index contributed by atoms with van der Waals surface area (Å²) >= 11 is 0. The van der Waals surface area contributed by atoms with Gasteiger partial charge < -0.3 is 10.0 Å². The highest BCUT2D eigenvalue weighted by atomic mass is 16.4. The van der Waals surface area contributed by atoms with Crippen molar-refractivity contribution < 1.29 is 10.0 Å². The maximum Gasteiger partial charge on any atom is 0.488 e. The molecule has 0 radical (unpaired) electrons. The van der Waals surface area contributed by atoms with Gasteiger partial charge in [-0.25, -0.2) is 0 Å². The molecular weight excluding hydrogens is 203 g/mol. The first-order valence-electron chi connectivity index (χ1n) is 5.10. The molecule has 0 saturated heterocycles. The van der Waals surface area contributed by atoms with Crippen LogP contribution in [-0.4, -0.2) is 26.9 Å². The van der Waals surface area contributed by atoms with Crippen LogP contribution in [-0.2, 0) is 6.54 Å². The monoisotopic (exact) mass is 216 g/mol. The van der Waals surface area contributed by atoms with Crippen LogP contribution < -0.4 is 5.46 Å². The Hall–Kier alpha value is -1.59. The lowest BCUT2D eigenvalue weighted by molar-refractivity contribution is 0.425. The van der Waals surface area contributed by atoms with Crippen molar-refractivity contribution in [3.63, 3.8) is 0 Å². The molecule has 0 amide bonds. The van der Waals surface area contributed by atoms with E-state index in [1.165, 1.54) is 0 Å². The molecule has 1 aromatic heterocycles. The third-order valence-electron chi connectivity index (χ3n) is 2.37. The molecule has 0 aliphatic carbocycles. The van der Waals surface area contributed by atoms with E-state index in [-0.39, 0.29) is 0 Å². The lowest BCUT2D eigenvalue weighted by Crippen LogP contribution is -2.30. The van der Waals surface area contributed by atoms with Gasteiger partial charge in [-0.3, -0.25) is 4.68 Å². The number of aromatic nitrogens is 2. The Balaban J connectivity index is 2.18. The molecule has 0 bridgehead atoms. The summed E-state index contributed by atoms with van der Waals surface area (Å²) in [5.41, 5.74) is 2.47. The van der Waals surface area contributed by atoms with Crippen LogP contribution in [0.4, 0.5) is 0 Å². The largest absolute Gasteiger partial charge is 0.488 e. The Bertz CT molecular complexity index is 482. The van der Waals surface area contributed by atoms with Crippen molar-refractivity contribution >= 4 is 12.6 Å². The second kappa shape index (κ2) is 4.51. The van der Waals surface area contributed by atoms with Gasteiger partial charge in [0.1, 0.15) is 0 Å². The van der Waals surface area contributed by atoms with Crippen molar-refractivity contribution in [1.29, 1.82) is 0 Å². The number of benzene rings is 1. The zero-order valence-electron chi connectivity index (χ0n) is 9.04. The molecule has 0 atom stereocenters.